The smallest absolute Gasteiger partial charge is 0.432 e. The maximum atomic E-state index is 15.1. The Labute approximate surface area is 304 Å². The quantitative estimate of drug-likeness (QED) is 0.0669. The van der Waals surface area contributed by atoms with Crippen molar-refractivity contribution in [2.24, 2.45) is 22.9 Å². The molecule has 0 amide bonds. The Hall–Kier alpha value is -3.91. The Kier molecular flexibility index (Phi) is 14.0. The lowest BCUT2D eigenvalue weighted by atomic mass is 9.72. The molecule has 0 fully saturated rings. The van der Waals surface area contributed by atoms with Crippen molar-refractivity contribution in [1.29, 1.82) is 5.26 Å². The highest BCUT2D eigenvalue weighted by atomic mass is 19.4. The number of halogens is 26. The van der Waals surface area contributed by atoms with E-state index in [2.05, 4.69) is 14.7 Å². The number of rotatable bonds is 16. The van der Waals surface area contributed by atoms with Gasteiger partial charge in [-0.1, -0.05) is 37.2 Å². The monoisotopic (exact) mass is 912 g/mol. The third-order valence-electron chi connectivity index (χ3n) is 8.35. The van der Waals surface area contributed by atoms with Crippen LogP contribution in [0.15, 0.2) is 29.0 Å². The molecule has 0 aromatic carbocycles. The molecule has 0 aliphatic heterocycles. The van der Waals surface area contributed by atoms with Crippen LogP contribution in [0.4, 0.5) is 119 Å². The lowest BCUT2D eigenvalue weighted by Crippen LogP contribution is -2.72. The van der Waals surface area contributed by atoms with Gasteiger partial charge < -0.3 is 4.74 Å². The van der Waals surface area contributed by atoms with E-state index in [0.29, 0.717) is 0 Å². The lowest BCUT2D eigenvalue weighted by molar-refractivity contribution is -0.448. The van der Waals surface area contributed by atoms with E-state index in [9.17, 15) is 101 Å². The van der Waals surface area contributed by atoms with Gasteiger partial charge in [0, 0.05) is 24.2 Å². The van der Waals surface area contributed by atoms with Crippen LogP contribution in [0.5, 0.6) is 0 Å². The number of carbonyl (C=O) groups excluding carboxylic acids is 1. The molecule has 0 heterocycles. The first-order valence-electron chi connectivity index (χ1n) is 14.4. The first kappa shape index (κ1) is 52.1. The fourth-order valence-electron chi connectivity index (χ4n) is 4.61. The van der Waals surface area contributed by atoms with Crippen LogP contribution in [0.3, 0.4) is 0 Å². The molecule has 2 unspecified atom stereocenters. The fourth-order valence-corrected chi connectivity index (χ4v) is 4.61. The second-order valence-electron chi connectivity index (χ2n) is 11.9. The van der Waals surface area contributed by atoms with Crippen molar-refractivity contribution >= 4 is 11.9 Å². The zero-order valence-electron chi connectivity index (χ0n) is 27.5. The third-order valence-corrected chi connectivity index (χ3v) is 8.35. The zero-order valence-corrected chi connectivity index (χ0v) is 27.5. The second-order valence-corrected chi connectivity index (χ2v) is 11.9. The number of nitrogens with zero attached hydrogens (tertiary/aromatic N) is 2. The van der Waals surface area contributed by atoms with Gasteiger partial charge in [0.25, 0.3) is 0 Å². The zero-order chi connectivity index (χ0) is 46.5. The van der Waals surface area contributed by atoms with Gasteiger partial charge in [-0.2, -0.15) is 119 Å². The SMILES string of the molecule is CC(C(COC(=O)ON=C1CC=CC=C1CC#N)C(C)C(F)(F)C(F)(F)C(F)(F)C(F)(F)C(F)(F)C(F)(F)F)C(F)(F)C(F)(F)C(F)(F)C(F)(F)C(F)(F)C(F)(F)F. The Morgan fingerprint density at radius 1 is 0.621 bits per heavy atom. The maximum Gasteiger partial charge on any atom is 0.535 e. The number of hydrogen-bond acceptors (Lipinski definition) is 5. The van der Waals surface area contributed by atoms with E-state index in [1.54, 1.807) is 0 Å². The van der Waals surface area contributed by atoms with Gasteiger partial charge in [-0.25, -0.2) is 4.79 Å². The molecule has 0 radical (unpaired) electrons. The van der Waals surface area contributed by atoms with Crippen molar-refractivity contribution in [2.45, 2.75) is 98.3 Å². The average Bonchev–Trinajstić information content (AvgIpc) is 3.05. The lowest BCUT2D eigenvalue weighted by Gasteiger charge is -2.45. The van der Waals surface area contributed by atoms with Crippen LogP contribution < -0.4 is 0 Å². The van der Waals surface area contributed by atoms with Crippen molar-refractivity contribution in [1.82, 2.24) is 0 Å². The summed E-state index contributed by atoms with van der Waals surface area (Å²) in [7, 11) is 0. The maximum absolute atomic E-state index is 15.1. The highest BCUT2D eigenvalue weighted by Crippen LogP contribution is 2.65. The largest absolute Gasteiger partial charge is 0.535 e. The number of nitriles is 1. The molecule has 2 atom stereocenters. The molecule has 0 aromatic rings. The van der Waals surface area contributed by atoms with Gasteiger partial charge in [-0.3, -0.25) is 4.84 Å². The predicted molar refractivity (Wildman–Crippen MR) is 135 cm³/mol. The number of ether oxygens (including phenoxy) is 1. The molecule has 0 N–H and O–H groups in total. The summed E-state index contributed by atoms with van der Waals surface area (Å²) >= 11 is 0. The summed E-state index contributed by atoms with van der Waals surface area (Å²) in [4.78, 5) is 16.0. The summed E-state index contributed by atoms with van der Waals surface area (Å²) in [5, 5.41) is 11.7. The molecule has 5 nitrogen and oxygen atoms in total. The molecule has 0 aromatic heterocycles. The molecule has 58 heavy (non-hydrogen) atoms. The molecular formula is C27H18F26N2O3. The summed E-state index contributed by atoms with van der Waals surface area (Å²) in [6, 6.07) is 1.53. The van der Waals surface area contributed by atoms with Crippen LogP contribution in [0.2, 0.25) is 0 Å². The van der Waals surface area contributed by atoms with Gasteiger partial charge in [-0.05, 0) is 5.57 Å². The number of alkyl halides is 26. The normalized spacial score (nSPS) is 18.7. The van der Waals surface area contributed by atoms with Gasteiger partial charge in [-0.15, -0.1) is 0 Å². The van der Waals surface area contributed by atoms with Gasteiger partial charge in [0.05, 0.1) is 24.8 Å². The van der Waals surface area contributed by atoms with Crippen LogP contribution in [0, 0.1) is 29.1 Å². The summed E-state index contributed by atoms with van der Waals surface area (Å²) < 4.78 is 362. The number of allylic oxidation sites excluding steroid dienone is 4. The van der Waals surface area contributed by atoms with E-state index in [1.807, 2.05) is 0 Å². The Morgan fingerprint density at radius 3 is 1.29 bits per heavy atom. The minimum Gasteiger partial charge on any atom is -0.432 e. The van der Waals surface area contributed by atoms with Gasteiger partial charge in [0.1, 0.15) is 0 Å². The summed E-state index contributed by atoms with van der Waals surface area (Å²) in [6.45, 7) is -4.93. The summed E-state index contributed by atoms with van der Waals surface area (Å²) in [5.74, 6) is -98.1. The predicted octanol–water partition coefficient (Wildman–Crippen LogP) is 11.7. The minimum absolute atomic E-state index is 0.121. The highest BCUT2D eigenvalue weighted by Gasteiger charge is 2.93. The van der Waals surface area contributed by atoms with Crippen LogP contribution in [0.1, 0.15) is 26.7 Å². The number of hydrogen-bond donors (Lipinski definition) is 0. The van der Waals surface area contributed by atoms with E-state index in [0.717, 1.165) is 6.08 Å². The molecule has 0 saturated carbocycles. The van der Waals surface area contributed by atoms with Crippen molar-refractivity contribution < 1.29 is 129 Å². The van der Waals surface area contributed by atoms with Crippen molar-refractivity contribution in [3.63, 3.8) is 0 Å². The molecule has 31 heteroatoms. The molecule has 1 aliphatic rings. The van der Waals surface area contributed by atoms with Crippen LogP contribution in [-0.4, -0.2) is 90.1 Å². The van der Waals surface area contributed by atoms with Crippen molar-refractivity contribution in [2.75, 3.05) is 6.61 Å². The molecule has 1 aliphatic carbocycles. The van der Waals surface area contributed by atoms with Crippen LogP contribution in [-0.2, 0) is 9.57 Å². The molecule has 336 valence electrons. The molecule has 0 saturated heterocycles. The average molecular weight is 912 g/mol. The minimum atomic E-state index is -8.74. The molecule has 0 spiro atoms. The first-order chi connectivity index (χ1) is 25.4. The van der Waals surface area contributed by atoms with E-state index >= 15 is 17.6 Å². The summed E-state index contributed by atoms with van der Waals surface area (Å²) in [5.41, 5.74) is -0.571. The van der Waals surface area contributed by atoms with Gasteiger partial charge >= 0.3 is 77.7 Å². The topological polar surface area (TPSA) is 71.7 Å². The Morgan fingerprint density at radius 2 is 0.966 bits per heavy atom. The molecule has 1 rings (SSSR count). The fraction of sp³-hybridized carbons (Fsp3) is 0.741. The number of carbonyl (C=O) groups is 1. The van der Waals surface area contributed by atoms with Crippen molar-refractivity contribution in [3.8, 4) is 6.07 Å². The standard InChI is InChI=1S/C27H18F26N2O3/c1-10(16(28,29)18(32,33)20(36,37)22(40,41)24(44,45)26(48,49)50)13(9-57-15(56)58-55-14-6-4-3-5-12(14)7-8-54)11(2)17(30,31)19(34,35)21(38,39)23(42,43)25(46,47)27(51,52)53/h3-5,10-11,13H,6-7,9H2,1-2H3. The summed E-state index contributed by atoms with van der Waals surface area (Å²) in [6.07, 6.45) is -16.0. The Balaban J connectivity index is 3.99. The first-order valence-corrected chi connectivity index (χ1v) is 14.4. The van der Waals surface area contributed by atoms with E-state index < -0.39 is 128 Å². The van der Waals surface area contributed by atoms with Gasteiger partial charge in [0.2, 0.25) is 0 Å². The Bertz CT molecular complexity index is 1550. The van der Waals surface area contributed by atoms with Crippen LogP contribution in [0.25, 0.3) is 0 Å². The third kappa shape index (κ3) is 8.03. The van der Waals surface area contributed by atoms with Crippen LogP contribution >= 0.6 is 0 Å². The van der Waals surface area contributed by atoms with Crippen molar-refractivity contribution in [3.05, 3.63) is 23.8 Å². The van der Waals surface area contributed by atoms with E-state index in [4.69, 9.17) is 5.26 Å². The number of oxime groups is 1. The van der Waals surface area contributed by atoms with Gasteiger partial charge in [0.15, 0.2) is 0 Å². The van der Waals surface area contributed by atoms with E-state index in [-0.39, 0.29) is 12.0 Å². The molecular weight excluding hydrogens is 894 g/mol. The second kappa shape index (κ2) is 15.6. The van der Waals surface area contributed by atoms with E-state index in [1.165, 1.54) is 18.2 Å². The molecule has 0 bridgehead atoms. The highest BCUT2D eigenvalue weighted by molar-refractivity contribution is 6.02.